The number of rotatable bonds is 4. The molecule has 17 heavy (non-hydrogen) atoms. The van der Waals surface area contributed by atoms with E-state index in [-0.39, 0.29) is 11.9 Å². The molecule has 0 aliphatic heterocycles. The average molecular weight is 252 g/mol. The first kappa shape index (κ1) is 12.6. The number of nitrogens with two attached hydrogens (primary N) is 1. The molecule has 1 aliphatic rings. The summed E-state index contributed by atoms with van der Waals surface area (Å²) in [5.41, 5.74) is 7.63. The molecule has 0 radical (unpaired) electrons. The maximum absolute atomic E-state index is 12.1. The second-order valence-electron chi connectivity index (χ2n) is 4.83. The number of thiophene rings is 1. The van der Waals surface area contributed by atoms with Gasteiger partial charge >= 0.3 is 0 Å². The second kappa shape index (κ2) is 5.65. The van der Waals surface area contributed by atoms with E-state index in [0.717, 1.165) is 11.1 Å². The SMILES string of the molecule is Cc1cscc1C(=O)NC(CN)C1CCCC1. The van der Waals surface area contributed by atoms with E-state index in [9.17, 15) is 4.79 Å². The zero-order chi connectivity index (χ0) is 12.3. The largest absolute Gasteiger partial charge is 0.348 e. The van der Waals surface area contributed by atoms with Crippen molar-refractivity contribution in [2.75, 3.05) is 6.54 Å². The van der Waals surface area contributed by atoms with Gasteiger partial charge in [0.15, 0.2) is 0 Å². The third-order valence-corrected chi connectivity index (χ3v) is 4.50. The molecule has 0 bridgehead atoms. The molecular weight excluding hydrogens is 232 g/mol. The summed E-state index contributed by atoms with van der Waals surface area (Å²) in [6, 6.07) is 0.143. The van der Waals surface area contributed by atoms with Gasteiger partial charge in [-0.25, -0.2) is 0 Å². The first-order valence-electron chi connectivity index (χ1n) is 6.26. The van der Waals surface area contributed by atoms with Crippen molar-refractivity contribution < 1.29 is 4.79 Å². The van der Waals surface area contributed by atoms with Crippen LogP contribution in [0, 0.1) is 12.8 Å². The first-order chi connectivity index (χ1) is 8.22. The van der Waals surface area contributed by atoms with Gasteiger partial charge in [0.2, 0.25) is 0 Å². The molecule has 3 nitrogen and oxygen atoms in total. The maximum Gasteiger partial charge on any atom is 0.252 e. The Morgan fingerprint density at radius 2 is 2.24 bits per heavy atom. The Kier molecular flexibility index (Phi) is 4.18. The number of nitrogens with one attached hydrogen (secondary N) is 1. The van der Waals surface area contributed by atoms with E-state index in [0.29, 0.717) is 12.5 Å². The summed E-state index contributed by atoms with van der Waals surface area (Å²) in [6.07, 6.45) is 4.94. The van der Waals surface area contributed by atoms with Crippen LogP contribution in [0.2, 0.25) is 0 Å². The minimum absolute atomic E-state index is 0.0334. The van der Waals surface area contributed by atoms with E-state index in [1.54, 1.807) is 11.3 Å². The third-order valence-electron chi connectivity index (χ3n) is 3.64. The summed E-state index contributed by atoms with van der Waals surface area (Å²) in [6.45, 7) is 2.51. The Morgan fingerprint density at radius 1 is 1.53 bits per heavy atom. The Balaban J connectivity index is 1.99. The van der Waals surface area contributed by atoms with E-state index in [1.807, 2.05) is 17.7 Å². The number of aryl methyl sites for hydroxylation is 1. The smallest absolute Gasteiger partial charge is 0.252 e. The zero-order valence-corrected chi connectivity index (χ0v) is 11.1. The average Bonchev–Trinajstić information content (AvgIpc) is 2.96. The summed E-state index contributed by atoms with van der Waals surface area (Å²) >= 11 is 1.57. The highest BCUT2D eigenvalue weighted by atomic mass is 32.1. The number of amides is 1. The summed E-state index contributed by atoms with van der Waals surface area (Å²) in [7, 11) is 0. The van der Waals surface area contributed by atoms with Crippen LogP contribution in [0.4, 0.5) is 0 Å². The van der Waals surface area contributed by atoms with Gasteiger partial charge in [-0.15, -0.1) is 0 Å². The third kappa shape index (κ3) is 2.87. The molecule has 1 unspecified atom stereocenters. The van der Waals surface area contributed by atoms with Crippen molar-refractivity contribution in [3.63, 3.8) is 0 Å². The van der Waals surface area contributed by atoms with Gasteiger partial charge in [0.1, 0.15) is 0 Å². The lowest BCUT2D eigenvalue weighted by Gasteiger charge is -2.23. The number of carbonyl (C=O) groups is 1. The Morgan fingerprint density at radius 3 is 2.76 bits per heavy atom. The fourth-order valence-electron chi connectivity index (χ4n) is 2.57. The molecule has 0 aromatic carbocycles. The molecule has 1 amide bonds. The van der Waals surface area contributed by atoms with Gasteiger partial charge in [0.25, 0.3) is 5.91 Å². The Hall–Kier alpha value is -0.870. The molecule has 0 saturated heterocycles. The van der Waals surface area contributed by atoms with Crippen molar-refractivity contribution in [1.29, 1.82) is 0 Å². The number of carbonyl (C=O) groups excluding carboxylic acids is 1. The molecule has 1 aromatic heterocycles. The van der Waals surface area contributed by atoms with Crippen LogP contribution < -0.4 is 11.1 Å². The van der Waals surface area contributed by atoms with Crippen LogP contribution in [-0.4, -0.2) is 18.5 Å². The molecular formula is C13H20N2OS. The van der Waals surface area contributed by atoms with Gasteiger partial charge in [-0.1, -0.05) is 12.8 Å². The van der Waals surface area contributed by atoms with Crippen LogP contribution in [0.25, 0.3) is 0 Å². The van der Waals surface area contributed by atoms with Gasteiger partial charge in [0, 0.05) is 18.0 Å². The van der Waals surface area contributed by atoms with E-state index >= 15 is 0 Å². The molecule has 3 N–H and O–H groups in total. The summed E-state index contributed by atoms with van der Waals surface area (Å²) in [5, 5.41) is 7.01. The molecule has 1 atom stereocenters. The zero-order valence-electron chi connectivity index (χ0n) is 10.2. The Bertz CT molecular complexity index is 383. The summed E-state index contributed by atoms with van der Waals surface area (Å²) in [5.74, 6) is 0.606. The predicted molar refractivity (Wildman–Crippen MR) is 71.3 cm³/mol. The van der Waals surface area contributed by atoms with Crippen LogP contribution in [0.1, 0.15) is 41.6 Å². The molecule has 1 heterocycles. The predicted octanol–water partition coefficient (Wildman–Crippen LogP) is 2.30. The summed E-state index contributed by atoms with van der Waals surface area (Å²) < 4.78 is 0. The molecule has 2 rings (SSSR count). The normalized spacial score (nSPS) is 18.2. The van der Waals surface area contributed by atoms with E-state index < -0.39 is 0 Å². The van der Waals surface area contributed by atoms with Crippen molar-refractivity contribution in [3.05, 3.63) is 21.9 Å². The van der Waals surface area contributed by atoms with Crippen LogP contribution in [0.3, 0.4) is 0 Å². The van der Waals surface area contributed by atoms with Crippen LogP contribution >= 0.6 is 11.3 Å². The number of hydrogen-bond acceptors (Lipinski definition) is 3. The van der Waals surface area contributed by atoms with Crippen molar-refractivity contribution in [2.45, 2.75) is 38.6 Å². The molecule has 1 fully saturated rings. The van der Waals surface area contributed by atoms with Gasteiger partial charge in [0.05, 0.1) is 5.56 Å². The fraction of sp³-hybridized carbons (Fsp3) is 0.615. The standard InChI is InChI=1S/C13H20N2OS/c1-9-7-17-8-11(9)13(16)15-12(6-14)10-4-2-3-5-10/h7-8,10,12H,2-6,14H2,1H3,(H,15,16). The van der Waals surface area contributed by atoms with Crippen molar-refractivity contribution >= 4 is 17.2 Å². The highest BCUT2D eigenvalue weighted by Gasteiger charge is 2.25. The minimum atomic E-state index is 0.0334. The lowest BCUT2D eigenvalue weighted by Crippen LogP contribution is -2.44. The monoisotopic (exact) mass is 252 g/mol. The Labute approximate surface area is 106 Å². The van der Waals surface area contributed by atoms with Crippen LogP contribution in [0.15, 0.2) is 10.8 Å². The minimum Gasteiger partial charge on any atom is -0.348 e. The van der Waals surface area contributed by atoms with Crippen LogP contribution in [0.5, 0.6) is 0 Å². The molecule has 1 aromatic rings. The lowest BCUT2D eigenvalue weighted by atomic mass is 9.98. The highest BCUT2D eigenvalue weighted by Crippen LogP contribution is 2.27. The van der Waals surface area contributed by atoms with Gasteiger partial charge < -0.3 is 11.1 Å². The van der Waals surface area contributed by atoms with Crippen LogP contribution in [-0.2, 0) is 0 Å². The maximum atomic E-state index is 12.1. The quantitative estimate of drug-likeness (QED) is 0.864. The molecule has 1 aliphatic carbocycles. The summed E-state index contributed by atoms with van der Waals surface area (Å²) in [4.78, 5) is 12.1. The molecule has 1 saturated carbocycles. The van der Waals surface area contributed by atoms with Gasteiger partial charge in [-0.3, -0.25) is 4.79 Å². The topological polar surface area (TPSA) is 55.1 Å². The molecule has 0 spiro atoms. The number of hydrogen-bond donors (Lipinski definition) is 2. The lowest BCUT2D eigenvalue weighted by molar-refractivity contribution is 0.0924. The van der Waals surface area contributed by atoms with Gasteiger partial charge in [-0.05, 0) is 36.6 Å². The first-order valence-corrected chi connectivity index (χ1v) is 7.20. The molecule has 4 heteroatoms. The van der Waals surface area contributed by atoms with Crippen molar-refractivity contribution in [3.8, 4) is 0 Å². The van der Waals surface area contributed by atoms with E-state index in [2.05, 4.69) is 5.32 Å². The van der Waals surface area contributed by atoms with E-state index in [1.165, 1.54) is 25.7 Å². The molecule has 94 valence electrons. The van der Waals surface area contributed by atoms with Crippen molar-refractivity contribution in [1.82, 2.24) is 5.32 Å². The van der Waals surface area contributed by atoms with Crippen molar-refractivity contribution in [2.24, 2.45) is 11.7 Å². The van der Waals surface area contributed by atoms with E-state index in [4.69, 9.17) is 5.73 Å². The highest BCUT2D eigenvalue weighted by molar-refractivity contribution is 7.08. The second-order valence-corrected chi connectivity index (χ2v) is 5.57. The van der Waals surface area contributed by atoms with Gasteiger partial charge in [-0.2, -0.15) is 11.3 Å². The fourth-order valence-corrected chi connectivity index (χ4v) is 3.40.